The highest BCUT2D eigenvalue weighted by atomic mass is 35.5. The van der Waals surface area contributed by atoms with Gasteiger partial charge in [0, 0.05) is 22.5 Å². The molecule has 0 bridgehead atoms. The van der Waals surface area contributed by atoms with Crippen LogP contribution in [0, 0.1) is 13.8 Å². The molecule has 0 aliphatic carbocycles. The predicted octanol–water partition coefficient (Wildman–Crippen LogP) is 6.47. The van der Waals surface area contributed by atoms with Gasteiger partial charge in [0.2, 0.25) is 0 Å². The molecule has 0 saturated heterocycles. The first kappa shape index (κ1) is 18.0. The maximum absolute atomic E-state index is 12.8. The molecule has 0 saturated carbocycles. The summed E-state index contributed by atoms with van der Waals surface area (Å²) in [6.45, 7) is 5.66. The molecule has 0 heterocycles. The second-order valence-electron chi connectivity index (χ2n) is 5.95. The van der Waals surface area contributed by atoms with Gasteiger partial charge in [0.1, 0.15) is 0 Å². The minimum atomic E-state index is -0.0694. The van der Waals surface area contributed by atoms with E-state index in [2.05, 4.69) is 12.2 Å². The summed E-state index contributed by atoms with van der Waals surface area (Å²) in [5.74, 6) is -0.0694. The van der Waals surface area contributed by atoms with E-state index in [-0.39, 0.29) is 5.78 Å². The van der Waals surface area contributed by atoms with Crippen LogP contribution in [-0.2, 0) is 0 Å². The summed E-state index contributed by atoms with van der Waals surface area (Å²) in [7, 11) is 0. The SMILES string of the molecule is [CH2]/C=C/c1ccccc1Nc1ccc(C(=O)c2ccccc2C)c(Cl)c1. The molecule has 0 spiro atoms. The van der Waals surface area contributed by atoms with Crippen LogP contribution in [0.4, 0.5) is 11.4 Å². The molecule has 3 aromatic carbocycles. The average Bonchev–Trinajstić information content (AvgIpc) is 2.64. The zero-order chi connectivity index (χ0) is 18.5. The number of hydrogen-bond donors (Lipinski definition) is 1. The normalized spacial score (nSPS) is 10.9. The summed E-state index contributed by atoms with van der Waals surface area (Å²) in [5.41, 5.74) is 4.89. The fourth-order valence-electron chi connectivity index (χ4n) is 2.79. The number of allylic oxidation sites excluding steroid dienone is 1. The van der Waals surface area contributed by atoms with Crippen LogP contribution in [0.15, 0.2) is 72.8 Å². The molecule has 3 rings (SSSR count). The molecule has 0 aromatic heterocycles. The van der Waals surface area contributed by atoms with Crippen molar-refractivity contribution in [2.75, 3.05) is 5.32 Å². The quantitative estimate of drug-likeness (QED) is 0.528. The number of nitrogens with one attached hydrogen (secondary N) is 1. The van der Waals surface area contributed by atoms with Crippen LogP contribution < -0.4 is 5.32 Å². The van der Waals surface area contributed by atoms with E-state index < -0.39 is 0 Å². The zero-order valence-electron chi connectivity index (χ0n) is 14.5. The Morgan fingerprint density at radius 3 is 2.46 bits per heavy atom. The molecule has 2 nitrogen and oxygen atoms in total. The number of hydrogen-bond acceptors (Lipinski definition) is 2. The fraction of sp³-hybridized carbons (Fsp3) is 0.0435. The third kappa shape index (κ3) is 3.87. The summed E-state index contributed by atoms with van der Waals surface area (Å²) >= 11 is 6.41. The summed E-state index contributed by atoms with van der Waals surface area (Å²) in [6.07, 6.45) is 3.68. The lowest BCUT2D eigenvalue weighted by Gasteiger charge is -2.12. The van der Waals surface area contributed by atoms with Gasteiger partial charge in [-0.15, -0.1) is 0 Å². The summed E-state index contributed by atoms with van der Waals surface area (Å²) in [4.78, 5) is 12.8. The molecule has 3 aromatic rings. The molecule has 0 atom stereocenters. The number of rotatable bonds is 5. The van der Waals surface area contributed by atoms with Crippen LogP contribution in [0.2, 0.25) is 5.02 Å². The van der Waals surface area contributed by atoms with Crippen LogP contribution in [-0.4, -0.2) is 5.78 Å². The molecular formula is C23H19ClNO. The van der Waals surface area contributed by atoms with E-state index in [1.165, 1.54) is 0 Å². The molecule has 0 unspecified atom stereocenters. The monoisotopic (exact) mass is 360 g/mol. The van der Waals surface area contributed by atoms with Crippen molar-refractivity contribution in [3.05, 3.63) is 107 Å². The van der Waals surface area contributed by atoms with Crippen molar-refractivity contribution in [1.82, 2.24) is 0 Å². The fourth-order valence-corrected chi connectivity index (χ4v) is 3.05. The molecule has 26 heavy (non-hydrogen) atoms. The van der Waals surface area contributed by atoms with Gasteiger partial charge in [-0.25, -0.2) is 0 Å². The lowest BCUT2D eigenvalue weighted by Crippen LogP contribution is -2.04. The second kappa shape index (κ2) is 8.03. The Kier molecular flexibility index (Phi) is 5.55. The van der Waals surface area contributed by atoms with Crippen LogP contribution in [0.3, 0.4) is 0 Å². The Morgan fingerprint density at radius 2 is 1.73 bits per heavy atom. The summed E-state index contributed by atoms with van der Waals surface area (Å²) in [5, 5.41) is 3.77. The standard InChI is InChI=1S/C23H19ClNO/c1-3-8-17-10-5-7-12-22(17)25-18-13-14-20(21(24)15-18)23(26)19-11-6-4-9-16(19)2/h3-15,25H,1H2,2H3/b8-3+. The van der Waals surface area contributed by atoms with Crippen molar-refractivity contribution in [1.29, 1.82) is 0 Å². The number of carbonyl (C=O) groups excluding carboxylic acids is 1. The number of ketones is 1. The van der Waals surface area contributed by atoms with Crippen molar-refractivity contribution in [2.45, 2.75) is 6.92 Å². The molecule has 129 valence electrons. The zero-order valence-corrected chi connectivity index (χ0v) is 15.3. The van der Waals surface area contributed by atoms with E-state index in [0.29, 0.717) is 16.1 Å². The van der Waals surface area contributed by atoms with Gasteiger partial charge < -0.3 is 5.32 Å². The predicted molar refractivity (Wildman–Crippen MR) is 110 cm³/mol. The lowest BCUT2D eigenvalue weighted by atomic mass is 9.99. The topological polar surface area (TPSA) is 29.1 Å². The van der Waals surface area contributed by atoms with Crippen molar-refractivity contribution >= 4 is 34.8 Å². The van der Waals surface area contributed by atoms with Crippen molar-refractivity contribution < 1.29 is 4.79 Å². The maximum atomic E-state index is 12.8. The Bertz CT molecular complexity index is 975. The third-order valence-corrected chi connectivity index (χ3v) is 4.45. The minimum absolute atomic E-state index is 0.0694. The van der Waals surface area contributed by atoms with Gasteiger partial charge in [0.15, 0.2) is 5.78 Å². The van der Waals surface area contributed by atoms with Gasteiger partial charge in [-0.3, -0.25) is 4.79 Å². The van der Waals surface area contributed by atoms with E-state index in [1.54, 1.807) is 18.2 Å². The average molecular weight is 361 g/mol. The van der Waals surface area contributed by atoms with Crippen molar-refractivity contribution in [3.63, 3.8) is 0 Å². The Morgan fingerprint density at radius 1 is 1.00 bits per heavy atom. The van der Waals surface area contributed by atoms with Gasteiger partial charge in [0.25, 0.3) is 0 Å². The molecule has 1 N–H and O–H groups in total. The molecule has 3 heteroatoms. The van der Waals surface area contributed by atoms with Crippen LogP contribution in [0.5, 0.6) is 0 Å². The molecule has 1 radical (unpaired) electrons. The van der Waals surface area contributed by atoms with Crippen molar-refractivity contribution in [3.8, 4) is 0 Å². The molecule has 0 aliphatic rings. The molecule has 0 aliphatic heterocycles. The molecule has 0 fully saturated rings. The van der Waals surface area contributed by atoms with E-state index in [9.17, 15) is 4.79 Å². The first-order chi connectivity index (χ1) is 12.6. The number of para-hydroxylation sites is 1. The number of halogens is 1. The van der Waals surface area contributed by atoms with Crippen LogP contribution in [0.25, 0.3) is 6.08 Å². The number of anilines is 2. The summed E-state index contributed by atoms with van der Waals surface area (Å²) < 4.78 is 0. The highest BCUT2D eigenvalue weighted by Gasteiger charge is 2.15. The molecular weight excluding hydrogens is 342 g/mol. The van der Waals surface area contributed by atoms with Gasteiger partial charge in [-0.2, -0.15) is 0 Å². The van der Waals surface area contributed by atoms with E-state index in [4.69, 9.17) is 11.6 Å². The second-order valence-corrected chi connectivity index (χ2v) is 6.36. The Balaban J connectivity index is 1.89. The Hall–Kier alpha value is -2.84. The smallest absolute Gasteiger partial charge is 0.194 e. The van der Waals surface area contributed by atoms with Gasteiger partial charge >= 0.3 is 0 Å². The van der Waals surface area contributed by atoms with Gasteiger partial charge in [0.05, 0.1) is 5.02 Å². The first-order valence-electron chi connectivity index (χ1n) is 8.32. The highest BCUT2D eigenvalue weighted by Crippen LogP contribution is 2.28. The lowest BCUT2D eigenvalue weighted by molar-refractivity contribution is 0.103. The van der Waals surface area contributed by atoms with E-state index in [0.717, 1.165) is 22.5 Å². The minimum Gasteiger partial charge on any atom is -0.355 e. The number of carbonyl (C=O) groups is 1. The van der Waals surface area contributed by atoms with Crippen LogP contribution in [0.1, 0.15) is 27.0 Å². The number of aryl methyl sites for hydroxylation is 1. The number of benzene rings is 3. The van der Waals surface area contributed by atoms with E-state index in [1.807, 2.05) is 67.6 Å². The van der Waals surface area contributed by atoms with Crippen molar-refractivity contribution in [2.24, 2.45) is 0 Å². The maximum Gasteiger partial charge on any atom is 0.194 e. The Labute approximate surface area is 159 Å². The molecule has 0 amide bonds. The van der Waals surface area contributed by atoms with E-state index >= 15 is 0 Å². The first-order valence-corrected chi connectivity index (χ1v) is 8.69. The highest BCUT2D eigenvalue weighted by molar-refractivity contribution is 6.35. The van der Waals surface area contributed by atoms with Gasteiger partial charge in [-0.1, -0.05) is 66.2 Å². The van der Waals surface area contributed by atoms with Crippen LogP contribution >= 0.6 is 11.6 Å². The largest absolute Gasteiger partial charge is 0.355 e. The van der Waals surface area contributed by atoms with Gasteiger partial charge in [-0.05, 0) is 49.2 Å². The third-order valence-electron chi connectivity index (χ3n) is 4.14. The summed E-state index contributed by atoms with van der Waals surface area (Å²) in [6, 6.07) is 20.8.